The Labute approximate surface area is 186 Å². The Balaban J connectivity index is 1.57. The lowest BCUT2D eigenvalue weighted by Crippen LogP contribution is -2.23. The summed E-state index contributed by atoms with van der Waals surface area (Å²) in [4.78, 5) is 27.1. The summed E-state index contributed by atoms with van der Waals surface area (Å²) in [6.07, 6.45) is 0. The molecule has 4 aromatic rings. The van der Waals surface area contributed by atoms with Gasteiger partial charge in [-0.1, -0.05) is 54.1 Å². The minimum absolute atomic E-state index is 0.155. The van der Waals surface area contributed by atoms with E-state index >= 15 is 0 Å². The number of hydrogen-bond donors (Lipinski definition) is 2. The zero-order chi connectivity index (χ0) is 22.2. The van der Waals surface area contributed by atoms with E-state index in [1.54, 1.807) is 12.1 Å². The first-order valence-corrected chi connectivity index (χ1v) is 10.5. The topological polar surface area (TPSA) is 58.2 Å². The van der Waals surface area contributed by atoms with Gasteiger partial charge in [0.25, 0.3) is 0 Å². The number of anilines is 4. The molecule has 32 heavy (non-hydrogen) atoms. The molecular weight excluding hydrogens is 396 g/mol. The van der Waals surface area contributed by atoms with Crippen LogP contribution in [0.3, 0.4) is 0 Å². The number of benzene rings is 4. The van der Waals surface area contributed by atoms with E-state index in [1.165, 1.54) is 0 Å². The molecule has 0 aromatic heterocycles. The molecule has 1 aliphatic carbocycles. The lowest BCUT2D eigenvalue weighted by atomic mass is 9.82. The Morgan fingerprint density at radius 2 is 1.06 bits per heavy atom. The van der Waals surface area contributed by atoms with Crippen molar-refractivity contribution < 1.29 is 9.59 Å². The minimum Gasteiger partial charge on any atom is -0.355 e. The van der Waals surface area contributed by atoms with E-state index in [4.69, 9.17) is 0 Å². The van der Waals surface area contributed by atoms with Crippen LogP contribution in [0.5, 0.6) is 0 Å². The summed E-state index contributed by atoms with van der Waals surface area (Å²) in [7, 11) is 0. The standard InChI is InChI=1S/C28H22N2O2/c1-17-12-14-19(15-13-17)29-23-10-4-8-21-25(23)27(31)22-9-5-11-24(26(22)28(21)32)30-20-7-3-6-18(2)16-20/h3-16,29-30H,1-2H3. The summed E-state index contributed by atoms with van der Waals surface area (Å²) < 4.78 is 0. The maximum Gasteiger partial charge on any atom is 0.196 e. The first-order chi connectivity index (χ1) is 15.5. The lowest BCUT2D eigenvalue weighted by molar-refractivity contribution is 0.0980. The van der Waals surface area contributed by atoms with E-state index in [1.807, 2.05) is 86.6 Å². The van der Waals surface area contributed by atoms with Gasteiger partial charge in [0.1, 0.15) is 0 Å². The van der Waals surface area contributed by atoms with E-state index in [-0.39, 0.29) is 11.6 Å². The fourth-order valence-corrected chi connectivity index (χ4v) is 4.12. The summed E-state index contributed by atoms with van der Waals surface area (Å²) in [6.45, 7) is 4.04. The van der Waals surface area contributed by atoms with Gasteiger partial charge in [-0.05, 0) is 55.8 Å². The van der Waals surface area contributed by atoms with Gasteiger partial charge in [-0.15, -0.1) is 0 Å². The van der Waals surface area contributed by atoms with Crippen LogP contribution in [-0.4, -0.2) is 11.6 Å². The molecule has 0 saturated heterocycles. The number of carbonyl (C=O) groups excluding carboxylic acids is 2. The molecule has 4 heteroatoms. The van der Waals surface area contributed by atoms with E-state index in [9.17, 15) is 9.59 Å². The molecule has 0 bridgehead atoms. The van der Waals surface area contributed by atoms with E-state index in [0.717, 1.165) is 22.5 Å². The zero-order valence-corrected chi connectivity index (χ0v) is 17.9. The molecule has 0 saturated carbocycles. The van der Waals surface area contributed by atoms with Crippen molar-refractivity contribution >= 4 is 34.3 Å². The lowest BCUT2D eigenvalue weighted by Gasteiger charge is -2.23. The van der Waals surface area contributed by atoms with Crippen molar-refractivity contribution in [2.24, 2.45) is 0 Å². The third-order valence-electron chi connectivity index (χ3n) is 5.70. The third-order valence-corrected chi connectivity index (χ3v) is 5.70. The van der Waals surface area contributed by atoms with Gasteiger partial charge in [-0.25, -0.2) is 0 Å². The number of aryl methyl sites for hydroxylation is 2. The van der Waals surface area contributed by atoms with Crippen molar-refractivity contribution in [3.63, 3.8) is 0 Å². The van der Waals surface area contributed by atoms with Crippen LogP contribution in [0.2, 0.25) is 0 Å². The monoisotopic (exact) mass is 418 g/mol. The maximum atomic E-state index is 13.6. The Hall–Kier alpha value is -4.18. The molecule has 4 nitrogen and oxygen atoms in total. The minimum atomic E-state index is -0.155. The van der Waals surface area contributed by atoms with Crippen molar-refractivity contribution in [3.05, 3.63) is 118 Å². The average molecular weight is 418 g/mol. The van der Waals surface area contributed by atoms with Crippen LogP contribution in [-0.2, 0) is 0 Å². The smallest absolute Gasteiger partial charge is 0.196 e. The summed E-state index contributed by atoms with van der Waals surface area (Å²) in [5.74, 6) is -0.310. The summed E-state index contributed by atoms with van der Waals surface area (Å²) in [5.41, 5.74) is 6.93. The second kappa shape index (κ2) is 7.82. The first kappa shape index (κ1) is 19.8. The number of hydrogen-bond acceptors (Lipinski definition) is 4. The largest absolute Gasteiger partial charge is 0.355 e. The summed E-state index contributed by atoms with van der Waals surface area (Å²) >= 11 is 0. The predicted molar refractivity (Wildman–Crippen MR) is 129 cm³/mol. The van der Waals surface area contributed by atoms with Gasteiger partial charge in [-0.2, -0.15) is 0 Å². The van der Waals surface area contributed by atoms with Crippen LogP contribution < -0.4 is 10.6 Å². The molecule has 4 aromatic carbocycles. The van der Waals surface area contributed by atoms with Crippen molar-refractivity contribution in [1.29, 1.82) is 0 Å². The Morgan fingerprint density at radius 1 is 0.531 bits per heavy atom. The highest BCUT2D eigenvalue weighted by atomic mass is 16.1. The Kier molecular flexibility index (Phi) is 4.83. The van der Waals surface area contributed by atoms with E-state index in [2.05, 4.69) is 10.6 Å². The number of ketones is 2. The molecular formula is C28H22N2O2. The molecule has 0 spiro atoms. The summed E-state index contributed by atoms with van der Waals surface area (Å²) in [6, 6.07) is 26.6. The normalized spacial score (nSPS) is 12.2. The molecule has 0 fully saturated rings. The van der Waals surface area contributed by atoms with Crippen LogP contribution in [0.1, 0.15) is 43.0 Å². The molecule has 0 aliphatic heterocycles. The van der Waals surface area contributed by atoms with Crippen LogP contribution in [0.15, 0.2) is 84.9 Å². The zero-order valence-electron chi connectivity index (χ0n) is 17.9. The highest BCUT2D eigenvalue weighted by molar-refractivity contribution is 6.32. The molecule has 0 heterocycles. The van der Waals surface area contributed by atoms with Gasteiger partial charge < -0.3 is 10.6 Å². The van der Waals surface area contributed by atoms with Gasteiger partial charge in [0.05, 0.1) is 22.5 Å². The number of nitrogens with one attached hydrogen (secondary N) is 2. The van der Waals surface area contributed by atoms with Crippen molar-refractivity contribution in [2.45, 2.75) is 13.8 Å². The van der Waals surface area contributed by atoms with Crippen molar-refractivity contribution in [1.82, 2.24) is 0 Å². The van der Waals surface area contributed by atoms with Crippen LogP contribution >= 0.6 is 0 Å². The van der Waals surface area contributed by atoms with Crippen LogP contribution in [0.4, 0.5) is 22.7 Å². The van der Waals surface area contributed by atoms with Crippen LogP contribution in [0.25, 0.3) is 0 Å². The average Bonchev–Trinajstić information content (AvgIpc) is 2.79. The predicted octanol–water partition coefficient (Wildman–Crippen LogP) is 6.57. The molecule has 1 aliphatic rings. The van der Waals surface area contributed by atoms with Crippen molar-refractivity contribution in [2.75, 3.05) is 10.6 Å². The molecule has 2 N–H and O–H groups in total. The maximum absolute atomic E-state index is 13.6. The molecule has 5 rings (SSSR count). The number of carbonyl (C=O) groups is 2. The molecule has 0 atom stereocenters. The van der Waals surface area contributed by atoms with Crippen LogP contribution in [0, 0.1) is 13.8 Å². The quantitative estimate of drug-likeness (QED) is 0.347. The fourth-order valence-electron chi connectivity index (χ4n) is 4.12. The Bertz CT molecular complexity index is 1370. The SMILES string of the molecule is Cc1ccc(Nc2cccc3c2C(=O)c2cccc(Nc4cccc(C)c4)c2C3=O)cc1. The van der Waals surface area contributed by atoms with E-state index < -0.39 is 0 Å². The third kappa shape index (κ3) is 3.46. The van der Waals surface area contributed by atoms with Gasteiger partial charge in [0, 0.05) is 22.5 Å². The second-order valence-electron chi connectivity index (χ2n) is 8.10. The summed E-state index contributed by atoms with van der Waals surface area (Å²) in [5, 5.41) is 6.64. The number of fused-ring (bicyclic) bond motifs is 2. The first-order valence-electron chi connectivity index (χ1n) is 10.5. The molecule has 0 radical (unpaired) electrons. The van der Waals surface area contributed by atoms with E-state index in [0.29, 0.717) is 33.6 Å². The van der Waals surface area contributed by atoms with Crippen molar-refractivity contribution in [3.8, 4) is 0 Å². The number of rotatable bonds is 4. The highest BCUT2D eigenvalue weighted by Gasteiger charge is 2.33. The highest BCUT2D eigenvalue weighted by Crippen LogP contribution is 2.37. The fraction of sp³-hybridized carbons (Fsp3) is 0.0714. The van der Waals surface area contributed by atoms with Gasteiger partial charge in [-0.3, -0.25) is 9.59 Å². The van der Waals surface area contributed by atoms with Gasteiger partial charge in [0.2, 0.25) is 0 Å². The molecule has 0 unspecified atom stereocenters. The Morgan fingerprint density at radius 3 is 1.62 bits per heavy atom. The van der Waals surface area contributed by atoms with Gasteiger partial charge in [0.15, 0.2) is 11.6 Å². The molecule has 0 amide bonds. The van der Waals surface area contributed by atoms with Gasteiger partial charge >= 0.3 is 0 Å². The second-order valence-corrected chi connectivity index (χ2v) is 8.10. The molecule has 156 valence electrons.